The number of anilines is 1. The van der Waals surface area contributed by atoms with Gasteiger partial charge in [-0.15, -0.1) is 11.3 Å². The molecule has 1 saturated carbocycles. The first-order chi connectivity index (χ1) is 15.0. The second kappa shape index (κ2) is 8.41. The Morgan fingerprint density at radius 2 is 1.97 bits per heavy atom. The van der Waals surface area contributed by atoms with Crippen LogP contribution in [0.1, 0.15) is 70.9 Å². The van der Waals surface area contributed by atoms with Gasteiger partial charge < -0.3 is 20.3 Å². The topological polar surface area (TPSA) is 91.7 Å². The van der Waals surface area contributed by atoms with E-state index >= 15 is 0 Å². The third kappa shape index (κ3) is 3.43. The van der Waals surface area contributed by atoms with Crippen LogP contribution < -0.4 is 5.32 Å². The Morgan fingerprint density at radius 3 is 2.56 bits per heavy atom. The molecule has 6 nitrogen and oxygen atoms in total. The van der Waals surface area contributed by atoms with Crippen LogP contribution in [0.3, 0.4) is 0 Å². The molecule has 2 heterocycles. The zero-order valence-electron chi connectivity index (χ0n) is 20.1. The minimum atomic E-state index is -1.20. The zero-order chi connectivity index (χ0) is 23.5. The van der Waals surface area contributed by atoms with Gasteiger partial charge in [0, 0.05) is 16.8 Å². The molecule has 178 valence electrons. The fourth-order valence-corrected chi connectivity index (χ4v) is 8.09. The number of thiazole rings is 1. The number of hydrogen-bond donors (Lipinski definition) is 3. The molecule has 1 aliphatic heterocycles. The molecule has 4 rings (SSSR count). The SMILES string of the molecule is C=C1OC2C1CCC(C)C2(C(C)=O)C(O)C(O)C1C(C)Cc2sc(NC(C)C)nc2C1C. The average Bonchev–Trinajstić information content (AvgIpc) is 3.08. The van der Waals surface area contributed by atoms with Gasteiger partial charge in [0.2, 0.25) is 0 Å². The number of nitrogens with one attached hydrogen (secondary N) is 1. The van der Waals surface area contributed by atoms with Crippen molar-refractivity contribution in [1.82, 2.24) is 4.98 Å². The third-order valence-electron chi connectivity index (χ3n) is 8.38. The van der Waals surface area contributed by atoms with E-state index < -0.39 is 23.7 Å². The van der Waals surface area contributed by atoms with E-state index in [1.165, 1.54) is 11.8 Å². The Morgan fingerprint density at radius 1 is 1.28 bits per heavy atom. The molecule has 2 aliphatic carbocycles. The zero-order valence-corrected chi connectivity index (χ0v) is 20.9. The summed E-state index contributed by atoms with van der Waals surface area (Å²) in [4.78, 5) is 19.2. The van der Waals surface area contributed by atoms with Crippen LogP contribution in [0.4, 0.5) is 5.13 Å². The summed E-state index contributed by atoms with van der Waals surface area (Å²) in [5, 5.41) is 27.6. The lowest BCUT2D eigenvalue weighted by Crippen LogP contribution is -2.67. The lowest BCUT2D eigenvalue weighted by Gasteiger charge is -2.59. The summed E-state index contributed by atoms with van der Waals surface area (Å²) in [7, 11) is 0. The van der Waals surface area contributed by atoms with Crippen molar-refractivity contribution in [3.63, 3.8) is 0 Å². The van der Waals surface area contributed by atoms with Crippen molar-refractivity contribution in [1.29, 1.82) is 0 Å². The molecule has 32 heavy (non-hydrogen) atoms. The Kier molecular flexibility index (Phi) is 6.23. The van der Waals surface area contributed by atoms with Gasteiger partial charge in [0.25, 0.3) is 0 Å². The van der Waals surface area contributed by atoms with Gasteiger partial charge in [0.15, 0.2) is 5.13 Å². The molecule has 1 aromatic rings. The summed E-state index contributed by atoms with van der Waals surface area (Å²) < 4.78 is 5.89. The minimum absolute atomic E-state index is 0.0201. The van der Waals surface area contributed by atoms with Crippen molar-refractivity contribution in [2.24, 2.45) is 29.1 Å². The fraction of sp³-hybridized carbons (Fsp3) is 0.760. The van der Waals surface area contributed by atoms with Crippen molar-refractivity contribution in [3.8, 4) is 0 Å². The first-order valence-corrected chi connectivity index (χ1v) is 12.8. The smallest absolute Gasteiger partial charge is 0.183 e. The van der Waals surface area contributed by atoms with Crippen molar-refractivity contribution in [2.75, 3.05) is 5.32 Å². The number of aliphatic hydroxyl groups excluding tert-OH is 2. The van der Waals surface area contributed by atoms with Crippen LogP contribution in [0.2, 0.25) is 0 Å². The van der Waals surface area contributed by atoms with Crippen LogP contribution in [0, 0.1) is 29.1 Å². The Hall–Kier alpha value is -1.44. The summed E-state index contributed by atoms with van der Waals surface area (Å²) >= 11 is 1.69. The largest absolute Gasteiger partial charge is 0.493 e. The molecule has 3 aliphatic rings. The van der Waals surface area contributed by atoms with E-state index in [0.29, 0.717) is 11.8 Å². The summed E-state index contributed by atoms with van der Waals surface area (Å²) in [6.45, 7) is 15.9. The molecule has 7 heteroatoms. The highest BCUT2D eigenvalue weighted by Crippen LogP contribution is 2.57. The van der Waals surface area contributed by atoms with E-state index in [1.54, 1.807) is 11.3 Å². The van der Waals surface area contributed by atoms with Crippen molar-refractivity contribution < 1.29 is 19.7 Å². The second-order valence-electron chi connectivity index (χ2n) is 10.7. The summed E-state index contributed by atoms with van der Waals surface area (Å²) in [6, 6.07) is 0.298. The van der Waals surface area contributed by atoms with Gasteiger partial charge in [0.05, 0.1) is 35.0 Å². The van der Waals surface area contributed by atoms with Crippen LogP contribution in [0.25, 0.3) is 0 Å². The number of aromatic nitrogens is 1. The molecule has 0 aromatic carbocycles. The molecule has 1 aromatic heterocycles. The molecule has 0 amide bonds. The summed E-state index contributed by atoms with van der Waals surface area (Å²) in [5.41, 5.74) is -0.109. The number of fused-ring (bicyclic) bond motifs is 2. The number of aliphatic hydroxyl groups is 2. The van der Waals surface area contributed by atoms with Crippen LogP contribution in [-0.4, -0.2) is 45.3 Å². The van der Waals surface area contributed by atoms with Crippen molar-refractivity contribution >= 4 is 22.3 Å². The molecule has 0 bridgehead atoms. The molecular weight excluding hydrogens is 424 g/mol. The predicted octanol–water partition coefficient (Wildman–Crippen LogP) is 4.13. The normalized spacial score (nSPS) is 38.2. The van der Waals surface area contributed by atoms with Gasteiger partial charge in [-0.1, -0.05) is 27.4 Å². The van der Waals surface area contributed by atoms with Gasteiger partial charge >= 0.3 is 0 Å². The lowest BCUT2D eigenvalue weighted by molar-refractivity contribution is -0.227. The fourth-order valence-electron chi connectivity index (χ4n) is 6.74. The van der Waals surface area contributed by atoms with Crippen LogP contribution >= 0.6 is 11.3 Å². The van der Waals surface area contributed by atoms with E-state index in [9.17, 15) is 15.0 Å². The van der Waals surface area contributed by atoms with Gasteiger partial charge in [-0.2, -0.15) is 0 Å². The molecule has 1 saturated heterocycles. The maximum atomic E-state index is 13.1. The van der Waals surface area contributed by atoms with E-state index in [4.69, 9.17) is 9.72 Å². The number of ether oxygens (including phenoxy) is 1. The third-order valence-corrected chi connectivity index (χ3v) is 9.41. The Bertz CT molecular complexity index is 899. The molecule has 9 unspecified atom stereocenters. The Labute approximate surface area is 195 Å². The van der Waals surface area contributed by atoms with E-state index in [2.05, 4.69) is 39.6 Å². The van der Waals surface area contributed by atoms with E-state index in [-0.39, 0.29) is 35.4 Å². The number of nitrogens with zero attached hydrogens (tertiary/aromatic N) is 1. The molecule has 0 radical (unpaired) electrons. The van der Waals surface area contributed by atoms with E-state index in [0.717, 1.165) is 30.1 Å². The number of carbonyl (C=O) groups excluding carboxylic acids is 1. The quantitative estimate of drug-likeness (QED) is 0.589. The predicted molar refractivity (Wildman–Crippen MR) is 127 cm³/mol. The number of ketones is 1. The number of rotatable bonds is 6. The molecule has 3 N–H and O–H groups in total. The van der Waals surface area contributed by atoms with Crippen LogP contribution in [-0.2, 0) is 16.0 Å². The highest BCUT2D eigenvalue weighted by Gasteiger charge is 2.65. The highest BCUT2D eigenvalue weighted by molar-refractivity contribution is 7.15. The van der Waals surface area contributed by atoms with Crippen LogP contribution in [0.15, 0.2) is 12.3 Å². The lowest BCUT2D eigenvalue weighted by atomic mass is 9.53. The number of hydrogen-bond acceptors (Lipinski definition) is 7. The second-order valence-corrected chi connectivity index (χ2v) is 11.8. The van der Waals surface area contributed by atoms with Gasteiger partial charge in [-0.3, -0.25) is 4.79 Å². The van der Waals surface area contributed by atoms with Gasteiger partial charge in [-0.05, 0) is 57.8 Å². The highest BCUT2D eigenvalue weighted by atomic mass is 32.1. The molecule has 9 atom stereocenters. The van der Waals surface area contributed by atoms with Crippen molar-refractivity contribution in [3.05, 3.63) is 22.9 Å². The van der Waals surface area contributed by atoms with Gasteiger partial charge in [0.1, 0.15) is 11.9 Å². The van der Waals surface area contributed by atoms with Gasteiger partial charge in [-0.25, -0.2) is 4.98 Å². The maximum absolute atomic E-state index is 13.1. The van der Waals surface area contributed by atoms with E-state index in [1.807, 2.05) is 6.92 Å². The molecule has 0 spiro atoms. The summed E-state index contributed by atoms with van der Waals surface area (Å²) in [5.74, 6) is 0.536. The Balaban J connectivity index is 1.65. The minimum Gasteiger partial charge on any atom is -0.493 e. The number of Topliss-reactive ketones (excluding diaryl/α,β-unsaturated/α-hetero) is 1. The van der Waals surface area contributed by atoms with Crippen molar-refractivity contribution in [2.45, 2.75) is 91.1 Å². The average molecular weight is 463 g/mol. The summed E-state index contributed by atoms with van der Waals surface area (Å²) in [6.07, 6.45) is -0.117. The first-order valence-electron chi connectivity index (χ1n) is 12.0. The molecule has 2 fully saturated rings. The maximum Gasteiger partial charge on any atom is 0.183 e. The number of carbonyl (C=O) groups is 1. The monoisotopic (exact) mass is 462 g/mol. The standard InChI is InChI=1S/C25H38N2O4S/c1-11(2)26-24-27-20-14(5)19(12(3)10-18(20)32-24)21(29)22(30)25(16(7)28)13(4)8-9-17-15(6)31-23(17)25/h11-14,17,19,21-23,29-30H,6,8-10H2,1-5,7H3,(H,26,27). The van der Waals surface area contributed by atoms with Crippen LogP contribution in [0.5, 0.6) is 0 Å². The first kappa shape index (κ1) is 23.7. The molecular formula is C25H38N2O4S.